The van der Waals surface area contributed by atoms with Gasteiger partial charge < -0.3 is 10.2 Å². The Bertz CT molecular complexity index is 1470. The van der Waals surface area contributed by atoms with Crippen molar-refractivity contribution in [1.29, 1.82) is 0 Å². The van der Waals surface area contributed by atoms with Crippen molar-refractivity contribution in [2.24, 2.45) is 0 Å². The Hall–Kier alpha value is -5.06. The van der Waals surface area contributed by atoms with Crippen molar-refractivity contribution in [2.75, 3.05) is 0 Å². The van der Waals surface area contributed by atoms with Crippen LogP contribution in [0.5, 0.6) is 0 Å². The summed E-state index contributed by atoms with van der Waals surface area (Å²) in [6.07, 6.45) is 0. The molecule has 4 aromatic carbocycles. The molecule has 4 nitrogen and oxygen atoms in total. The van der Waals surface area contributed by atoms with Gasteiger partial charge in [0, 0.05) is 27.7 Å². The van der Waals surface area contributed by atoms with E-state index in [-0.39, 0.29) is 11.1 Å². The van der Waals surface area contributed by atoms with E-state index in [1.54, 1.807) is 24.3 Å². The molecule has 0 unspecified atom stereocenters. The molecule has 0 saturated heterocycles. The highest BCUT2D eigenvalue weighted by Crippen LogP contribution is 2.36. The van der Waals surface area contributed by atoms with Gasteiger partial charge in [-0.15, -0.1) is 0 Å². The topological polar surface area (TPSA) is 74.6 Å². The summed E-state index contributed by atoms with van der Waals surface area (Å²) < 4.78 is 0. The van der Waals surface area contributed by atoms with Crippen molar-refractivity contribution in [1.82, 2.24) is 0 Å². The first-order chi connectivity index (χ1) is 17.8. The van der Waals surface area contributed by atoms with Crippen LogP contribution in [-0.2, 0) is 5.41 Å². The van der Waals surface area contributed by atoms with Crippen molar-refractivity contribution in [3.8, 4) is 23.7 Å². The fraction of sp³-hybridized carbons (Fsp3) is 0.0909. The Morgan fingerprint density at radius 1 is 0.541 bits per heavy atom. The molecule has 37 heavy (non-hydrogen) atoms. The van der Waals surface area contributed by atoms with E-state index in [0.717, 1.165) is 11.1 Å². The third-order valence-corrected chi connectivity index (χ3v) is 6.10. The molecule has 0 aliphatic carbocycles. The number of hydrogen-bond acceptors (Lipinski definition) is 2. The van der Waals surface area contributed by atoms with Crippen molar-refractivity contribution in [3.63, 3.8) is 0 Å². The number of carboxylic acids is 2. The molecule has 0 bridgehead atoms. The first-order valence-electron chi connectivity index (χ1n) is 11.7. The molecule has 180 valence electrons. The smallest absolute Gasteiger partial charge is 0.336 e. The summed E-state index contributed by atoms with van der Waals surface area (Å²) in [7, 11) is 0. The lowest BCUT2D eigenvalue weighted by atomic mass is 9.73. The summed E-state index contributed by atoms with van der Waals surface area (Å²) in [5, 5.41) is 20.0. The molecule has 2 N–H and O–H groups in total. The average Bonchev–Trinajstić information content (AvgIpc) is 2.91. The molecular formula is C33H24O4. The molecule has 0 amide bonds. The zero-order valence-corrected chi connectivity index (χ0v) is 20.4. The van der Waals surface area contributed by atoms with E-state index in [4.69, 9.17) is 0 Å². The van der Waals surface area contributed by atoms with Crippen LogP contribution in [0, 0.1) is 23.7 Å². The van der Waals surface area contributed by atoms with Crippen molar-refractivity contribution in [2.45, 2.75) is 19.3 Å². The van der Waals surface area contributed by atoms with Gasteiger partial charge in [0.15, 0.2) is 0 Å². The summed E-state index contributed by atoms with van der Waals surface area (Å²) >= 11 is 0. The third kappa shape index (κ3) is 5.78. The molecule has 4 heteroatoms. The molecule has 0 saturated carbocycles. The largest absolute Gasteiger partial charge is 0.478 e. The number of benzene rings is 4. The van der Waals surface area contributed by atoms with Gasteiger partial charge in [-0.05, 0) is 59.7 Å². The predicted molar refractivity (Wildman–Crippen MR) is 144 cm³/mol. The van der Waals surface area contributed by atoms with Gasteiger partial charge in [0.1, 0.15) is 0 Å². The third-order valence-electron chi connectivity index (χ3n) is 6.10. The second kappa shape index (κ2) is 10.7. The number of hydrogen-bond donors (Lipinski definition) is 2. The maximum Gasteiger partial charge on any atom is 0.336 e. The van der Waals surface area contributed by atoms with Gasteiger partial charge in [-0.3, -0.25) is 0 Å². The van der Waals surface area contributed by atoms with E-state index in [1.807, 2.05) is 74.5 Å². The lowest BCUT2D eigenvalue weighted by Crippen LogP contribution is -2.25. The van der Waals surface area contributed by atoms with Crippen LogP contribution in [0.3, 0.4) is 0 Å². The van der Waals surface area contributed by atoms with Crippen LogP contribution in [0.4, 0.5) is 0 Å². The number of carboxylic acid groups (broad SMARTS) is 2. The highest BCUT2D eigenvalue weighted by Gasteiger charge is 2.32. The molecular weight excluding hydrogens is 460 g/mol. The number of carbonyl (C=O) groups is 2. The van der Waals surface area contributed by atoms with E-state index in [9.17, 15) is 19.8 Å². The van der Waals surface area contributed by atoms with Gasteiger partial charge in [0.05, 0.1) is 11.1 Å². The van der Waals surface area contributed by atoms with Crippen molar-refractivity contribution < 1.29 is 19.8 Å². The SMILES string of the molecule is CC(C)(c1ccc(C#Cc2ccccc2)cc1C(=O)O)c1ccc(C#Cc2ccccc2)cc1C(=O)O. The lowest BCUT2D eigenvalue weighted by molar-refractivity contribution is 0.0686. The van der Waals surface area contributed by atoms with Crippen LogP contribution in [0.15, 0.2) is 97.1 Å². The Kier molecular flexibility index (Phi) is 7.23. The molecule has 0 aliphatic heterocycles. The molecule has 0 aromatic heterocycles. The van der Waals surface area contributed by atoms with E-state index in [0.29, 0.717) is 22.3 Å². The van der Waals surface area contributed by atoms with E-state index in [1.165, 1.54) is 12.1 Å². The summed E-state index contributed by atoms with van der Waals surface area (Å²) in [5.41, 5.74) is 3.00. The standard InChI is InChI=1S/C33H24O4/c1-33(2,29-19-17-25(21-27(29)31(34)35)15-13-23-9-5-3-6-10-23)30-20-18-26(22-28(30)32(36)37)16-14-24-11-7-4-8-12-24/h3-12,17-22H,1-2H3,(H,34,35)(H,36,37). The quantitative estimate of drug-likeness (QED) is 0.338. The Morgan fingerprint density at radius 2 is 0.892 bits per heavy atom. The maximum absolute atomic E-state index is 12.2. The molecule has 0 radical (unpaired) electrons. The Morgan fingerprint density at radius 3 is 1.24 bits per heavy atom. The fourth-order valence-corrected chi connectivity index (χ4v) is 4.16. The van der Waals surface area contributed by atoms with E-state index < -0.39 is 17.4 Å². The van der Waals surface area contributed by atoms with Gasteiger partial charge >= 0.3 is 11.9 Å². The highest BCUT2D eigenvalue weighted by molar-refractivity contribution is 5.93. The summed E-state index contributed by atoms with van der Waals surface area (Å²) in [5.74, 6) is 9.90. The molecule has 4 rings (SSSR count). The Labute approximate surface area is 216 Å². The van der Waals surface area contributed by atoms with Crippen LogP contribution in [0.25, 0.3) is 0 Å². The molecule has 4 aromatic rings. The van der Waals surface area contributed by atoms with Crippen LogP contribution in [-0.4, -0.2) is 22.2 Å². The normalized spacial score (nSPS) is 10.4. The van der Waals surface area contributed by atoms with E-state index >= 15 is 0 Å². The molecule has 0 spiro atoms. The molecule has 0 atom stereocenters. The first kappa shape index (κ1) is 25.0. The van der Waals surface area contributed by atoms with Crippen LogP contribution >= 0.6 is 0 Å². The minimum Gasteiger partial charge on any atom is -0.478 e. The van der Waals surface area contributed by atoms with Gasteiger partial charge in [-0.1, -0.05) is 86.1 Å². The monoisotopic (exact) mass is 484 g/mol. The minimum atomic E-state index is -1.10. The first-order valence-corrected chi connectivity index (χ1v) is 11.7. The molecule has 0 fully saturated rings. The van der Waals surface area contributed by atoms with Gasteiger partial charge in [0.25, 0.3) is 0 Å². The second-order valence-corrected chi connectivity index (χ2v) is 8.99. The summed E-state index contributed by atoms with van der Waals surface area (Å²) in [4.78, 5) is 24.5. The van der Waals surface area contributed by atoms with Crippen LogP contribution < -0.4 is 0 Å². The van der Waals surface area contributed by atoms with E-state index in [2.05, 4.69) is 23.7 Å². The lowest BCUT2D eigenvalue weighted by Gasteiger charge is -2.29. The summed E-state index contributed by atoms with van der Waals surface area (Å²) in [6, 6.07) is 28.9. The minimum absolute atomic E-state index is 0.0779. The zero-order valence-electron chi connectivity index (χ0n) is 20.4. The van der Waals surface area contributed by atoms with Gasteiger partial charge in [-0.2, -0.15) is 0 Å². The van der Waals surface area contributed by atoms with Gasteiger partial charge in [0.2, 0.25) is 0 Å². The highest BCUT2D eigenvalue weighted by atomic mass is 16.4. The average molecular weight is 485 g/mol. The van der Waals surface area contributed by atoms with Gasteiger partial charge in [-0.25, -0.2) is 9.59 Å². The number of rotatable bonds is 4. The van der Waals surface area contributed by atoms with Crippen molar-refractivity contribution >= 4 is 11.9 Å². The van der Waals surface area contributed by atoms with Crippen LogP contribution in [0.1, 0.15) is 67.9 Å². The zero-order chi connectivity index (χ0) is 26.4. The Balaban J connectivity index is 1.75. The maximum atomic E-state index is 12.2. The molecule has 0 aliphatic rings. The fourth-order valence-electron chi connectivity index (χ4n) is 4.16. The van der Waals surface area contributed by atoms with Crippen molar-refractivity contribution in [3.05, 3.63) is 142 Å². The second-order valence-electron chi connectivity index (χ2n) is 8.99. The molecule has 0 heterocycles. The van der Waals surface area contributed by atoms with Crippen LogP contribution in [0.2, 0.25) is 0 Å². The predicted octanol–water partition coefficient (Wildman–Crippen LogP) is 6.21. The summed E-state index contributed by atoms with van der Waals surface area (Å²) in [6.45, 7) is 3.64. The number of aromatic carboxylic acids is 2.